The molecule has 0 aromatic carbocycles. The number of hydrogen-bond acceptors (Lipinski definition) is 0. The van der Waals surface area contributed by atoms with Gasteiger partial charge in [0.15, 0.2) is 0 Å². The molecule has 13 heavy (non-hydrogen) atoms. The second-order valence-electron chi connectivity index (χ2n) is 3.70. The molecule has 0 N–H and O–H groups in total. The van der Waals surface area contributed by atoms with Crippen molar-refractivity contribution in [2.75, 3.05) is 0 Å². The summed E-state index contributed by atoms with van der Waals surface area (Å²) in [6.45, 7) is 10.9. The van der Waals surface area contributed by atoms with Gasteiger partial charge in [0.1, 0.15) is 0 Å². The summed E-state index contributed by atoms with van der Waals surface area (Å²) in [5.74, 6) is 0. The fraction of sp³-hybridized carbons (Fsp3) is 0.600. The van der Waals surface area contributed by atoms with E-state index < -0.39 is 17.0 Å². The van der Waals surface area contributed by atoms with E-state index in [9.17, 15) is 0 Å². The van der Waals surface area contributed by atoms with Crippen LogP contribution in [0.5, 0.6) is 0 Å². The van der Waals surface area contributed by atoms with Crippen molar-refractivity contribution in [2.45, 2.75) is 34.6 Å². The average Bonchev–Trinajstić information content (AvgIpc) is 2.16. The Bertz CT molecular complexity index is 239. The Morgan fingerprint density at radius 2 is 1.54 bits per heavy atom. The van der Waals surface area contributed by atoms with Crippen molar-refractivity contribution in [1.82, 2.24) is 0 Å². The van der Waals surface area contributed by atoms with Crippen molar-refractivity contribution in [3.8, 4) is 0 Å². The predicted molar refractivity (Wildman–Crippen MR) is 56.3 cm³/mol. The minimum atomic E-state index is -0.556. The maximum atomic E-state index is 4.89. The van der Waals surface area contributed by atoms with E-state index in [2.05, 4.69) is 40.7 Å². The molecule has 0 radical (unpaired) electrons. The van der Waals surface area contributed by atoms with Crippen LogP contribution in [0.25, 0.3) is 0 Å². The number of halogens is 2. The van der Waals surface area contributed by atoms with Gasteiger partial charge in [0.2, 0.25) is 0 Å². The third kappa shape index (κ3) is 3.79. The number of rotatable bonds is 0. The van der Waals surface area contributed by atoms with E-state index >= 15 is 0 Å². The topological polar surface area (TPSA) is 0 Å². The summed E-state index contributed by atoms with van der Waals surface area (Å²) < 4.78 is 0. The van der Waals surface area contributed by atoms with Gasteiger partial charge >= 0.3 is 35.6 Å². The van der Waals surface area contributed by atoms with Crippen molar-refractivity contribution in [1.29, 1.82) is 0 Å². The average molecular weight is 254 g/mol. The first-order chi connectivity index (χ1) is 5.86. The van der Waals surface area contributed by atoms with Gasteiger partial charge in [-0.15, -0.1) is 6.92 Å². The first kappa shape index (κ1) is 13.8. The first-order valence-electron chi connectivity index (χ1n) is 4.13. The van der Waals surface area contributed by atoms with Gasteiger partial charge in [0, 0.05) is 0 Å². The molecule has 0 saturated carbocycles. The zero-order valence-electron chi connectivity index (χ0n) is 8.76. The van der Waals surface area contributed by atoms with Gasteiger partial charge < -0.3 is 0 Å². The van der Waals surface area contributed by atoms with Crippen molar-refractivity contribution in [3.63, 3.8) is 0 Å². The van der Waals surface area contributed by atoms with Gasteiger partial charge in [-0.3, -0.25) is 6.08 Å². The molecule has 0 saturated heterocycles. The van der Waals surface area contributed by atoms with E-state index in [0.29, 0.717) is 0 Å². The quantitative estimate of drug-likeness (QED) is 0.441. The normalized spacial score (nSPS) is 19.2. The third-order valence-corrected chi connectivity index (χ3v) is 2.56. The molecule has 0 atom stereocenters. The Kier molecular flexibility index (Phi) is 5.94. The van der Waals surface area contributed by atoms with Crippen LogP contribution in [-0.4, -0.2) is 0 Å². The zero-order chi connectivity index (χ0) is 10.6. The van der Waals surface area contributed by atoms with E-state index in [1.807, 2.05) is 0 Å². The van der Waals surface area contributed by atoms with Crippen LogP contribution < -0.4 is 0 Å². The molecule has 74 valence electrons. The summed E-state index contributed by atoms with van der Waals surface area (Å²) in [4.78, 5) is 0. The fourth-order valence-electron chi connectivity index (χ4n) is 1.41. The molecular weight excluding hydrogens is 239 g/mol. The van der Waals surface area contributed by atoms with E-state index in [4.69, 9.17) is 18.6 Å². The van der Waals surface area contributed by atoms with Crippen LogP contribution in [0.15, 0.2) is 16.7 Å². The summed E-state index contributed by atoms with van der Waals surface area (Å²) in [7, 11) is 9.78. The monoisotopic (exact) mass is 253 g/mol. The zero-order valence-corrected chi connectivity index (χ0v) is 11.8. The first-order valence-corrected chi connectivity index (χ1v) is 8.43. The van der Waals surface area contributed by atoms with Crippen molar-refractivity contribution in [3.05, 3.63) is 22.8 Å². The van der Waals surface area contributed by atoms with Gasteiger partial charge in [-0.1, -0.05) is 33.1 Å². The van der Waals surface area contributed by atoms with Gasteiger partial charge in [-0.25, -0.2) is 5.57 Å². The fourth-order valence-corrected chi connectivity index (χ4v) is 1.41. The van der Waals surface area contributed by atoms with Crippen LogP contribution in [-0.2, 0) is 17.0 Å². The Balaban J connectivity index is 0.000000424. The van der Waals surface area contributed by atoms with Crippen molar-refractivity contribution >= 4 is 18.6 Å². The molecule has 0 amide bonds. The molecule has 0 spiro atoms. The predicted octanol–water partition coefficient (Wildman–Crippen LogP) is 4.49. The molecule has 1 rings (SSSR count). The molecule has 3 heteroatoms. The molecule has 1 aliphatic rings. The minimum absolute atomic E-state index is 0.189. The van der Waals surface area contributed by atoms with Gasteiger partial charge in [-0.2, -0.15) is 11.1 Å². The molecule has 0 fully saturated rings. The molecule has 0 unspecified atom stereocenters. The summed E-state index contributed by atoms with van der Waals surface area (Å²) in [6.07, 6.45) is 3.44. The Hall–Kier alpha value is 0.774. The van der Waals surface area contributed by atoms with Crippen molar-refractivity contribution < 1.29 is 17.0 Å². The van der Waals surface area contributed by atoms with Gasteiger partial charge in [-0.05, 0) is 0 Å². The Morgan fingerprint density at radius 1 is 1.15 bits per heavy atom. The molecule has 0 bridgehead atoms. The van der Waals surface area contributed by atoms with Gasteiger partial charge in [0.25, 0.3) is 0 Å². The van der Waals surface area contributed by atoms with E-state index in [1.165, 1.54) is 16.7 Å². The van der Waals surface area contributed by atoms with Crippen LogP contribution in [0, 0.1) is 11.5 Å². The van der Waals surface area contributed by atoms with Crippen LogP contribution in [0.2, 0.25) is 0 Å². The summed E-state index contributed by atoms with van der Waals surface area (Å²) in [6, 6.07) is 0. The second kappa shape index (κ2) is 5.61. The van der Waals surface area contributed by atoms with Crippen molar-refractivity contribution in [2.24, 2.45) is 5.41 Å². The van der Waals surface area contributed by atoms with E-state index in [-0.39, 0.29) is 5.41 Å². The SMILES string of the molecule is CC1=[C-]C(C)(C)C(C)=C1C.[Cl][Ti][Cl]. The van der Waals surface area contributed by atoms with Crippen LogP contribution in [0.1, 0.15) is 34.6 Å². The molecule has 0 aromatic heterocycles. The summed E-state index contributed by atoms with van der Waals surface area (Å²) in [5, 5.41) is 0. The van der Waals surface area contributed by atoms with E-state index in [1.54, 1.807) is 0 Å². The number of hydrogen-bond donors (Lipinski definition) is 0. The molecular formula is C10H15Cl2Ti-. The molecule has 1 aliphatic carbocycles. The van der Waals surface area contributed by atoms with E-state index in [0.717, 1.165) is 0 Å². The van der Waals surface area contributed by atoms with Gasteiger partial charge in [0.05, 0.1) is 0 Å². The Labute approximate surface area is 98.1 Å². The van der Waals surface area contributed by atoms with Crippen LogP contribution in [0.3, 0.4) is 0 Å². The second-order valence-corrected chi connectivity index (χ2v) is 6.28. The standard InChI is InChI=1S/C10H15.2ClH.Ti/c1-7-6-10(4,5)9(3)8(7)2;;;/h1-5H3;2*1H;/q-1;;;+2/p-2. The van der Waals surface area contributed by atoms with Crippen LogP contribution in [0.4, 0.5) is 0 Å². The third-order valence-electron chi connectivity index (χ3n) is 2.56. The molecule has 0 aromatic rings. The van der Waals surface area contributed by atoms with Crippen LogP contribution >= 0.6 is 18.6 Å². The molecule has 0 heterocycles. The summed E-state index contributed by atoms with van der Waals surface area (Å²) >= 11 is -0.556. The summed E-state index contributed by atoms with van der Waals surface area (Å²) in [5.41, 5.74) is 4.39. The molecule has 0 nitrogen and oxygen atoms in total. The Morgan fingerprint density at radius 3 is 1.62 bits per heavy atom. The number of allylic oxidation sites excluding steroid dienone is 4. The molecule has 0 aliphatic heterocycles. The maximum absolute atomic E-state index is 4.89.